The largest absolute Gasteiger partial charge is 0.391 e. The lowest BCUT2D eigenvalue weighted by Crippen LogP contribution is -1.96. The van der Waals surface area contributed by atoms with Gasteiger partial charge in [0.2, 0.25) is 0 Å². The molecule has 0 aliphatic heterocycles. The lowest BCUT2D eigenvalue weighted by molar-refractivity contribution is 0.0971. The zero-order valence-corrected chi connectivity index (χ0v) is 6.86. The summed E-state index contributed by atoms with van der Waals surface area (Å²) in [6.45, 7) is 0. The van der Waals surface area contributed by atoms with E-state index in [1.807, 2.05) is 6.07 Å². The van der Waals surface area contributed by atoms with Gasteiger partial charge in [-0.05, 0) is 25.0 Å². The summed E-state index contributed by atoms with van der Waals surface area (Å²) in [5.41, 5.74) is 5.50. The zero-order valence-electron chi connectivity index (χ0n) is 6.04. The number of thiophene rings is 1. The van der Waals surface area contributed by atoms with E-state index < -0.39 is 0 Å². The lowest BCUT2D eigenvalue weighted by atomic mass is 10.2. The van der Waals surface area contributed by atoms with E-state index in [1.54, 1.807) is 6.07 Å². The molecule has 0 atom stereocenters. The first kappa shape index (κ1) is 6.85. The molecule has 1 aliphatic rings. The van der Waals surface area contributed by atoms with Crippen LogP contribution in [0.4, 0.5) is 5.00 Å². The Balaban J connectivity index is 2.21. The lowest BCUT2D eigenvalue weighted by Gasteiger charge is -1.89. The average Bonchev–Trinajstić information content (AvgIpc) is 2.74. The Morgan fingerprint density at radius 1 is 1.55 bits per heavy atom. The van der Waals surface area contributed by atoms with Crippen LogP contribution in [0.25, 0.3) is 0 Å². The third-order valence-corrected chi connectivity index (χ3v) is 2.75. The molecule has 11 heavy (non-hydrogen) atoms. The van der Waals surface area contributed by atoms with Gasteiger partial charge in [-0.25, -0.2) is 0 Å². The summed E-state index contributed by atoms with van der Waals surface area (Å²) >= 11 is 1.39. The predicted octanol–water partition coefficient (Wildman–Crippen LogP) is 1.92. The maximum absolute atomic E-state index is 11.4. The van der Waals surface area contributed by atoms with Crippen LogP contribution in [-0.2, 0) is 0 Å². The molecular weight excluding hydrogens is 158 g/mol. The van der Waals surface area contributed by atoms with Crippen LogP contribution in [0, 0.1) is 5.92 Å². The number of nitrogens with two attached hydrogens (primary N) is 1. The van der Waals surface area contributed by atoms with E-state index >= 15 is 0 Å². The highest BCUT2D eigenvalue weighted by Crippen LogP contribution is 2.34. The van der Waals surface area contributed by atoms with Gasteiger partial charge in [0.25, 0.3) is 0 Å². The fraction of sp³-hybridized carbons (Fsp3) is 0.375. The number of Topliss-reactive ketones (excluding diaryl/α,β-unsaturated/α-hetero) is 1. The van der Waals surface area contributed by atoms with Gasteiger partial charge in [-0.1, -0.05) is 0 Å². The van der Waals surface area contributed by atoms with Crippen molar-refractivity contribution in [3.8, 4) is 0 Å². The number of rotatable bonds is 2. The van der Waals surface area contributed by atoms with Gasteiger partial charge in [0, 0.05) is 5.92 Å². The molecule has 1 aromatic rings. The first-order valence-electron chi connectivity index (χ1n) is 3.67. The van der Waals surface area contributed by atoms with Crippen LogP contribution in [0.15, 0.2) is 12.1 Å². The van der Waals surface area contributed by atoms with Gasteiger partial charge in [-0.15, -0.1) is 11.3 Å². The minimum atomic E-state index is 0.284. The molecule has 0 bridgehead atoms. The summed E-state index contributed by atoms with van der Waals surface area (Å²) in [5.74, 6) is 0.597. The number of hydrogen-bond acceptors (Lipinski definition) is 3. The molecule has 58 valence electrons. The van der Waals surface area contributed by atoms with Crippen molar-refractivity contribution >= 4 is 22.1 Å². The topological polar surface area (TPSA) is 43.1 Å². The molecule has 0 aromatic carbocycles. The SMILES string of the molecule is Nc1ccc(C(=O)C2CC2)s1. The summed E-state index contributed by atoms with van der Waals surface area (Å²) < 4.78 is 0. The molecule has 1 aliphatic carbocycles. The van der Waals surface area contributed by atoms with Crippen LogP contribution in [0.2, 0.25) is 0 Å². The van der Waals surface area contributed by atoms with E-state index in [-0.39, 0.29) is 5.78 Å². The first-order chi connectivity index (χ1) is 5.27. The molecule has 0 radical (unpaired) electrons. The quantitative estimate of drug-likeness (QED) is 0.684. The summed E-state index contributed by atoms with van der Waals surface area (Å²) in [7, 11) is 0. The molecule has 0 unspecified atom stereocenters. The van der Waals surface area contributed by atoms with Gasteiger partial charge < -0.3 is 5.73 Å². The van der Waals surface area contributed by atoms with Gasteiger partial charge in [-0.3, -0.25) is 4.79 Å². The smallest absolute Gasteiger partial charge is 0.175 e. The molecule has 1 saturated carbocycles. The van der Waals surface area contributed by atoms with Crippen molar-refractivity contribution in [1.29, 1.82) is 0 Å². The van der Waals surface area contributed by atoms with Crippen molar-refractivity contribution < 1.29 is 4.79 Å². The Kier molecular flexibility index (Phi) is 1.46. The van der Waals surface area contributed by atoms with Crippen molar-refractivity contribution in [1.82, 2.24) is 0 Å². The number of carbonyl (C=O) groups is 1. The molecule has 1 heterocycles. The third-order valence-electron chi connectivity index (χ3n) is 1.82. The fourth-order valence-corrected chi connectivity index (χ4v) is 1.83. The number of anilines is 1. The molecule has 0 saturated heterocycles. The molecule has 2 rings (SSSR count). The Bertz CT molecular complexity index is 288. The molecule has 0 spiro atoms. The summed E-state index contributed by atoms with van der Waals surface area (Å²) in [6, 6.07) is 3.61. The number of carbonyl (C=O) groups excluding carboxylic acids is 1. The minimum Gasteiger partial charge on any atom is -0.391 e. The third kappa shape index (κ3) is 1.28. The van der Waals surface area contributed by atoms with Crippen LogP contribution in [0.1, 0.15) is 22.5 Å². The Hall–Kier alpha value is -0.830. The van der Waals surface area contributed by atoms with Crippen molar-refractivity contribution in [2.24, 2.45) is 5.92 Å². The normalized spacial score (nSPS) is 16.7. The maximum Gasteiger partial charge on any atom is 0.175 e. The van der Waals surface area contributed by atoms with Crippen LogP contribution in [-0.4, -0.2) is 5.78 Å². The second kappa shape index (κ2) is 2.34. The van der Waals surface area contributed by atoms with Gasteiger partial charge >= 0.3 is 0 Å². The molecule has 0 amide bonds. The molecule has 2 nitrogen and oxygen atoms in total. The second-order valence-electron chi connectivity index (χ2n) is 2.84. The highest BCUT2D eigenvalue weighted by atomic mass is 32.1. The fourth-order valence-electron chi connectivity index (χ4n) is 1.03. The molecule has 2 N–H and O–H groups in total. The van der Waals surface area contributed by atoms with Gasteiger partial charge in [0.05, 0.1) is 9.88 Å². The molecular formula is C8H9NOS. The van der Waals surface area contributed by atoms with Crippen molar-refractivity contribution in [3.63, 3.8) is 0 Å². The van der Waals surface area contributed by atoms with Crippen LogP contribution >= 0.6 is 11.3 Å². The zero-order chi connectivity index (χ0) is 7.84. The average molecular weight is 167 g/mol. The van der Waals surface area contributed by atoms with Crippen LogP contribution in [0.3, 0.4) is 0 Å². The number of hydrogen-bond donors (Lipinski definition) is 1. The van der Waals surface area contributed by atoms with E-state index in [0.717, 1.165) is 22.7 Å². The monoisotopic (exact) mass is 167 g/mol. The first-order valence-corrected chi connectivity index (χ1v) is 4.48. The minimum absolute atomic E-state index is 0.284. The van der Waals surface area contributed by atoms with Crippen molar-refractivity contribution in [2.75, 3.05) is 5.73 Å². The van der Waals surface area contributed by atoms with Gasteiger partial charge in [-0.2, -0.15) is 0 Å². The van der Waals surface area contributed by atoms with E-state index in [1.165, 1.54) is 11.3 Å². The summed E-state index contributed by atoms with van der Waals surface area (Å²) in [6.07, 6.45) is 2.13. The Labute approximate surface area is 69.0 Å². The van der Waals surface area contributed by atoms with Crippen molar-refractivity contribution in [3.05, 3.63) is 17.0 Å². The predicted molar refractivity (Wildman–Crippen MR) is 45.8 cm³/mol. The van der Waals surface area contributed by atoms with E-state index in [4.69, 9.17) is 5.73 Å². The highest BCUT2D eigenvalue weighted by molar-refractivity contribution is 7.17. The van der Waals surface area contributed by atoms with Gasteiger partial charge in [0.15, 0.2) is 5.78 Å². The standard InChI is InChI=1S/C8H9NOS/c9-7-4-3-6(11-7)8(10)5-1-2-5/h3-5H,1-2,9H2. The van der Waals surface area contributed by atoms with Gasteiger partial charge in [0.1, 0.15) is 0 Å². The van der Waals surface area contributed by atoms with E-state index in [9.17, 15) is 4.79 Å². The Morgan fingerprint density at radius 3 is 2.73 bits per heavy atom. The maximum atomic E-state index is 11.4. The summed E-state index contributed by atoms with van der Waals surface area (Å²) in [5, 5.41) is 0.731. The highest BCUT2D eigenvalue weighted by Gasteiger charge is 2.30. The van der Waals surface area contributed by atoms with Crippen LogP contribution < -0.4 is 5.73 Å². The van der Waals surface area contributed by atoms with E-state index in [0.29, 0.717) is 5.92 Å². The molecule has 1 aromatic heterocycles. The van der Waals surface area contributed by atoms with E-state index in [2.05, 4.69) is 0 Å². The second-order valence-corrected chi connectivity index (χ2v) is 3.96. The van der Waals surface area contributed by atoms with Crippen molar-refractivity contribution in [2.45, 2.75) is 12.8 Å². The molecule has 1 fully saturated rings. The number of nitrogen functional groups attached to an aromatic ring is 1. The molecule has 3 heteroatoms. The Morgan fingerprint density at radius 2 is 2.27 bits per heavy atom. The number of ketones is 1. The summed E-state index contributed by atoms with van der Waals surface area (Å²) in [4.78, 5) is 12.2. The van der Waals surface area contributed by atoms with Crippen LogP contribution in [0.5, 0.6) is 0 Å².